The van der Waals surface area contributed by atoms with Crippen molar-refractivity contribution < 1.29 is 14.3 Å². The van der Waals surface area contributed by atoms with Gasteiger partial charge in [0.2, 0.25) is 5.91 Å². The van der Waals surface area contributed by atoms with E-state index in [4.69, 9.17) is 4.74 Å². The van der Waals surface area contributed by atoms with Crippen LogP contribution in [0.15, 0.2) is 0 Å². The third-order valence-corrected chi connectivity index (χ3v) is 5.58. The molecule has 0 fully saturated rings. The van der Waals surface area contributed by atoms with E-state index in [1.54, 1.807) is 7.05 Å². The Labute approximate surface area is 194 Å². The van der Waals surface area contributed by atoms with Crippen molar-refractivity contribution in [2.24, 2.45) is 0 Å². The first kappa shape index (κ1) is 32.1. The lowest BCUT2D eigenvalue weighted by molar-refractivity contribution is -0.143. The van der Waals surface area contributed by atoms with Crippen molar-refractivity contribution in [2.45, 2.75) is 149 Å². The molecule has 0 saturated heterocycles. The van der Waals surface area contributed by atoms with E-state index < -0.39 is 0 Å². The third-order valence-electron chi connectivity index (χ3n) is 5.58. The number of esters is 1. The maximum absolute atomic E-state index is 11.0. The van der Waals surface area contributed by atoms with Crippen LogP contribution in [-0.4, -0.2) is 25.5 Å². The molecule has 4 heteroatoms. The summed E-state index contributed by atoms with van der Waals surface area (Å²) in [5.74, 6) is 0.142. The summed E-state index contributed by atoms with van der Waals surface area (Å²) < 4.78 is 4.87. The number of amides is 1. The molecule has 0 aromatic heterocycles. The Balaban J connectivity index is 0. The van der Waals surface area contributed by atoms with Gasteiger partial charge in [0.1, 0.15) is 0 Å². The predicted molar refractivity (Wildman–Crippen MR) is 134 cm³/mol. The number of rotatable bonds is 21. The average Bonchev–Trinajstić information content (AvgIpc) is 2.77. The van der Waals surface area contributed by atoms with Crippen molar-refractivity contribution in [1.82, 2.24) is 5.32 Å². The maximum atomic E-state index is 11.0. The van der Waals surface area contributed by atoms with Gasteiger partial charge < -0.3 is 10.1 Å². The van der Waals surface area contributed by atoms with Crippen LogP contribution < -0.4 is 5.32 Å². The van der Waals surface area contributed by atoms with E-state index in [-0.39, 0.29) is 11.9 Å². The average molecular weight is 442 g/mol. The number of hydrogen-bond donors (Lipinski definition) is 1. The minimum Gasteiger partial charge on any atom is -0.466 e. The fourth-order valence-corrected chi connectivity index (χ4v) is 3.53. The number of nitrogens with one attached hydrogen (secondary N) is 1. The highest BCUT2D eigenvalue weighted by molar-refractivity contribution is 5.75. The predicted octanol–water partition coefficient (Wildman–Crippen LogP) is 8.12. The van der Waals surface area contributed by atoms with E-state index in [0.29, 0.717) is 19.4 Å². The van der Waals surface area contributed by atoms with E-state index in [9.17, 15) is 9.59 Å². The topological polar surface area (TPSA) is 55.4 Å². The maximum Gasteiger partial charge on any atom is 0.305 e. The lowest BCUT2D eigenvalue weighted by atomic mass is 10.1. The van der Waals surface area contributed by atoms with Gasteiger partial charge in [0.15, 0.2) is 0 Å². The summed E-state index contributed by atoms with van der Waals surface area (Å²) in [6.45, 7) is 6.86. The van der Waals surface area contributed by atoms with Gasteiger partial charge in [-0.2, -0.15) is 0 Å². The lowest BCUT2D eigenvalue weighted by Gasteiger charge is -2.02. The van der Waals surface area contributed by atoms with Gasteiger partial charge in [0.25, 0.3) is 0 Å². The van der Waals surface area contributed by atoms with Crippen LogP contribution in [0.4, 0.5) is 0 Å². The number of ether oxygens (including phenoxy) is 1. The third kappa shape index (κ3) is 31.2. The van der Waals surface area contributed by atoms with Crippen molar-refractivity contribution in [1.29, 1.82) is 0 Å². The molecule has 0 aliphatic carbocycles. The van der Waals surface area contributed by atoms with Crippen LogP contribution in [0.2, 0.25) is 0 Å². The molecule has 0 bridgehead atoms. The first-order valence-corrected chi connectivity index (χ1v) is 13.5. The molecule has 31 heavy (non-hydrogen) atoms. The summed E-state index contributed by atoms with van der Waals surface area (Å²) in [5, 5.41) is 2.65. The van der Waals surface area contributed by atoms with Crippen LogP contribution >= 0.6 is 0 Å². The van der Waals surface area contributed by atoms with Crippen LogP contribution in [0.3, 0.4) is 0 Å². The number of carbonyl (C=O) groups is 2. The second-order valence-corrected chi connectivity index (χ2v) is 8.64. The van der Waals surface area contributed by atoms with E-state index in [1.807, 2.05) is 6.92 Å². The van der Waals surface area contributed by atoms with Crippen LogP contribution in [0.5, 0.6) is 0 Å². The van der Waals surface area contributed by atoms with Gasteiger partial charge in [-0.3, -0.25) is 9.59 Å². The van der Waals surface area contributed by atoms with Gasteiger partial charge in [-0.15, -0.1) is 0 Å². The normalized spacial score (nSPS) is 10.3. The zero-order valence-electron chi connectivity index (χ0n) is 21.6. The molecule has 0 rings (SSSR count). The molecule has 0 aromatic rings. The Morgan fingerprint density at radius 3 is 1.26 bits per heavy atom. The van der Waals surface area contributed by atoms with Gasteiger partial charge in [-0.25, -0.2) is 0 Å². The highest BCUT2D eigenvalue weighted by Crippen LogP contribution is 2.11. The molecule has 0 radical (unpaired) electrons. The minimum atomic E-state index is -0.0366. The SMILES string of the molecule is CCCCCCCCCCCC(=O)NC.CCCCCCCCCCCC(=O)OCC. The van der Waals surface area contributed by atoms with E-state index >= 15 is 0 Å². The molecule has 4 nitrogen and oxygen atoms in total. The van der Waals surface area contributed by atoms with Crippen molar-refractivity contribution in [3.63, 3.8) is 0 Å². The smallest absolute Gasteiger partial charge is 0.305 e. The molecule has 1 amide bonds. The molecule has 0 aliphatic heterocycles. The van der Waals surface area contributed by atoms with Crippen molar-refractivity contribution in [3.8, 4) is 0 Å². The Morgan fingerprint density at radius 2 is 0.903 bits per heavy atom. The molecule has 0 spiro atoms. The standard InChI is InChI=1S/C14H28O2.C13H27NO/c1-3-5-6-7-8-9-10-11-12-13-14(15)16-4-2;1-3-4-5-6-7-8-9-10-11-12-13(15)14-2/h3-13H2,1-2H3;3-12H2,1-2H3,(H,14,15). The highest BCUT2D eigenvalue weighted by Gasteiger charge is 2.00. The Hall–Kier alpha value is -1.06. The van der Waals surface area contributed by atoms with E-state index in [2.05, 4.69) is 19.2 Å². The first-order chi connectivity index (χ1) is 15.1. The van der Waals surface area contributed by atoms with E-state index in [0.717, 1.165) is 12.8 Å². The number of carbonyl (C=O) groups excluding carboxylic acids is 2. The second kappa shape index (κ2) is 28.9. The lowest BCUT2D eigenvalue weighted by Crippen LogP contribution is -2.16. The second-order valence-electron chi connectivity index (χ2n) is 8.64. The fraction of sp³-hybridized carbons (Fsp3) is 0.926. The van der Waals surface area contributed by atoms with Gasteiger partial charge >= 0.3 is 5.97 Å². The van der Waals surface area contributed by atoms with Gasteiger partial charge in [-0.1, -0.05) is 117 Å². The van der Waals surface area contributed by atoms with Gasteiger partial charge in [-0.05, 0) is 19.8 Å². The summed E-state index contributed by atoms with van der Waals surface area (Å²) in [5.41, 5.74) is 0. The Bertz CT molecular complexity index is 371. The van der Waals surface area contributed by atoms with Gasteiger partial charge in [0.05, 0.1) is 6.61 Å². The minimum absolute atomic E-state index is 0.0366. The number of unbranched alkanes of at least 4 members (excludes halogenated alkanes) is 16. The molecule has 0 aromatic carbocycles. The first-order valence-electron chi connectivity index (χ1n) is 13.5. The largest absolute Gasteiger partial charge is 0.466 e. The quantitative estimate of drug-likeness (QED) is 0.144. The molecule has 0 saturated carbocycles. The van der Waals surface area contributed by atoms with Crippen LogP contribution in [-0.2, 0) is 14.3 Å². The summed E-state index contributed by atoms with van der Waals surface area (Å²) in [6, 6.07) is 0. The molecular weight excluding hydrogens is 386 g/mol. The van der Waals surface area contributed by atoms with Crippen LogP contribution in [0, 0.1) is 0 Å². The molecule has 0 aliphatic rings. The van der Waals surface area contributed by atoms with E-state index in [1.165, 1.54) is 103 Å². The Kier molecular flexibility index (Phi) is 30.0. The zero-order valence-corrected chi connectivity index (χ0v) is 21.6. The molecule has 186 valence electrons. The molecule has 0 atom stereocenters. The zero-order chi connectivity index (χ0) is 23.4. The van der Waals surface area contributed by atoms with Crippen LogP contribution in [0.25, 0.3) is 0 Å². The summed E-state index contributed by atoms with van der Waals surface area (Å²) in [4.78, 5) is 21.9. The Morgan fingerprint density at radius 1 is 0.548 bits per heavy atom. The fourth-order valence-electron chi connectivity index (χ4n) is 3.53. The van der Waals surface area contributed by atoms with Crippen molar-refractivity contribution in [2.75, 3.05) is 13.7 Å². The highest BCUT2D eigenvalue weighted by atomic mass is 16.5. The molecular formula is C27H55NO3. The molecule has 1 N–H and O–H groups in total. The summed E-state index contributed by atoms with van der Waals surface area (Å²) in [6.07, 6.45) is 24.7. The molecule has 0 heterocycles. The monoisotopic (exact) mass is 441 g/mol. The van der Waals surface area contributed by atoms with Gasteiger partial charge in [0, 0.05) is 19.9 Å². The number of hydrogen-bond acceptors (Lipinski definition) is 3. The summed E-state index contributed by atoms with van der Waals surface area (Å²) >= 11 is 0. The van der Waals surface area contributed by atoms with Crippen molar-refractivity contribution in [3.05, 3.63) is 0 Å². The van der Waals surface area contributed by atoms with Crippen LogP contribution in [0.1, 0.15) is 149 Å². The summed E-state index contributed by atoms with van der Waals surface area (Å²) in [7, 11) is 1.70. The van der Waals surface area contributed by atoms with Crippen molar-refractivity contribution >= 4 is 11.9 Å². The molecule has 0 unspecified atom stereocenters.